The fourth-order valence-electron chi connectivity index (χ4n) is 2.62. The third-order valence-corrected chi connectivity index (χ3v) is 4.51. The maximum atomic E-state index is 9.92. The molecule has 0 fully saturated rings. The third-order valence-electron chi connectivity index (χ3n) is 3.83. The first kappa shape index (κ1) is 16.9. The largest absolute Gasteiger partial charge is 0.506 e. The van der Waals surface area contributed by atoms with Crippen molar-refractivity contribution in [1.29, 1.82) is 10.5 Å². The molecule has 0 saturated heterocycles. The third kappa shape index (κ3) is 3.62. The Balaban J connectivity index is 2.12. The molecule has 25 heavy (non-hydrogen) atoms. The summed E-state index contributed by atoms with van der Waals surface area (Å²) < 4.78 is 0.989. The monoisotopic (exact) mass is 437 g/mol. The lowest BCUT2D eigenvalue weighted by atomic mass is 9.93. The van der Waals surface area contributed by atoms with E-state index in [1.807, 2.05) is 24.3 Å². The van der Waals surface area contributed by atoms with E-state index < -0.39 is 0 Å². The molecule has 1 N–H and O–H groups in total. The van der Waals surface area contributed by atoms with Crippen LogP contribution >= 0.6 is 22.6 Å². The van der Waals surface area contributed by atoms with Crippen LogP contribution in [0.1, 0.15) is 22.4 Å². The maximum absolute atomic E-state index is 9.92. The number of hydrogen-bond acceptors (Lipinski definition) is 4. The Morgan fingerprint density at radius 2 is 1.64 bits per heavy atom. The van der Waals surface area contributed by atoms with Crippen molar-refractivity contribution in [1.82, 2.24) is 4.98 Å². The summed E-state index contributed by atoms with van der Waals surface area (Å²) in [6.07, 6.45) is 2.07. The number of halogens is 1. The minimum atomic E-state index is 0.139. The van der Waals surface area contributed by atoms with Gasteiger partial charge in [0.1, 0.15) is 5.75 Å². The van der Waals surface area contributed by atoms with Crippen LogP contribution < -0.4 is 0 Å². The Labute approximate surface area is 159 Å². The number of hydrogen-bond donors (Lipinski definition) is 1. The van der Waals surface area contributed by atoms with Gasteiger partial charge in [0.2, 0.25) is 0 Å². The molecule has 3 aromatic rings. The van der Waals surface area contributed by atoms with Crippen LogP contribution in [0.4, 0.5) is 0 Å². The molecule has 0 saturated carbocycles. The van der Waals surface area contributed by atoms with Gasteiger partial charge in [-0.05, 0) is 70.6 Å². The Bertz CT molecular complexity index is 1030. The number of aromatic nitrogens is 1. The van der Waals surface area contributed by atoms with Gasteiger partial charge in [0.25, 0.3) is 0 Å². The van der Waals surface area contributed by atoms with E-state index >= 15 is 0 Å². The second-order valence-electron chi connectivity index (χ2n) is 5.44. The lowest BCUT2D eigenvalue weighted by molar-refractivity contribution is 0.465. The highest BCUT2D eigenvalue weighted by atomic mass is 127. The van der Waals surface area contributed by atoms with Gasteiger partial charge in [-0.3, -0.25) is 4.98 Å². The summed E-state index contributed by atoms with van der Waals surface area (Å²) in [4.78, 5) is 4.20. The molecule has 0 bridgehead atoms. The summed E-state index contributed by atoms with van der Waals surface area (Å²) >= 11 is 2.19. The number of rotatable bonds is 3. The van der Waals surface area contributed by atoms with E-state index in [2.05, 4.69) is 39.7 Å². The summed E-state index contributed by atoms with van der Waals surface area (Å²) in [5.41, 5.74) is 3.96. The van der Waals surface area contributed by atoms with Crippen molar-refractivity contribution in [3.8, 4) is 29.0 Å². The predicted molar refractivity (Wildman–Crippen MR) is 103 cm³/mol. The fraction of sp³-hybridized carbons (Fsp3) is 0.0500. The van der Waals surface area contributed by atoms with Crippen molar-refractivity contribution < 1.29 is 5.11 Å². The summed E-state index contributed by atoms with van der Waals surface area (Å²) in [6.45, 7) is 0. The summed E-state index contributed by atoms with van der Waals surface area (Å²) in [7, 11) is 0. The summed E-state index contributed by atoms with van der Waals surface area (Å²) in [5.74, 6) is 0.139. The Morgan fingerprint density at radius 1 is 0.960 bits per heavy atom. The van der Waals surface area contributed by atoms with Gasteiger partial charge in [0.05, 0.1) is 29.0 Å². The number of pyridine rings is 1. The van der Waals surface area contributed by atoms with Crippen LogP contribution in [0.2, 0.25) is 0 Å². The minimum absolute atomic E-state index is 0.139. The molecule has 0 unspecified atom stereocenters. The quantitative estimate of drug-likeness (QED) is 0.617. The Kier molecular flexibility index (Phi) is 4.97. The van der Waals surface area contributed by atoms with E-state index in [-0.39, 0.29) is 5.75 Å². The summed E-state index contributed by atoms with van der Waals surface area (Å²) in [6, 6.07) is 18.6. The first-order valence-corrected chi connectivity index (χ1v) is 8.56. The van der Waals surface area contributed by atoms with Gasteiger partial charge in [0, 0.05) is 27.3 Å². The minimum Gasteiger partial charge on any atom is -0.506 e. The van der Waals surface area contributed by atoms with Crippen molar-refractivity contribution >= 4 is 22.6 Å². The second kappa shape index (κ2) is 7.33. The van der Waals surface area contributed by atoms with Crippen LogP contribution in [0.25, 0.3) is 11.1 Å². The molecule has 0 aliphatic carbocycles. The average Bonchev–Trinajstić information content (AvgIpc) is 2.63. The van der Waals surface area contributed by atoms with Gasteiger partial charge in [0.15, 0.2) is 0 Å². The van der Waals surface area contributed by atoms with Gasteiger partial charge in [-0.1, -0.05) is 6.07 Å². The van der Waals surface area contributed by atoms with Crippen LogP contribution in [0, 0.1) is 26.2 Å². The first-order valence-electron chi connectivity index (χ1n) is 7.48. The zero-order chi connectivity index (χ0) is 17.8. The number of aromatic hydroxyl groups is 1. The van der Waals surface area contributed by atoms with Gasteiger partial charge >= 0.3 is 0 Å². The Morgan fingerprint density at radius 3 is 2.32 bits per heavy atom. The molecule has 0 aliphatic heterocycles. The molecule has 2 aromatic carbocycles. The van der Waals surface area contributed by atoms with E-state index in [1.165, 1.54) is 0 Å². The van der Waals surface area contributed by atoms with Crippen molar-refractivity contribution in [2.75, 3.05) is 0 Å². The van der Waals surface area contributed by atoms with E-state index in [9.17, 15) is 15.6 Å². The maximum Gasteiger partial charge on any atom is 0.137 e. The van der Waals surface area contributed by atoms with Crippen LogP contribution in [0.3, 0.4) is 0 Å². The Hall–Kier alpha value is -2.90. The van der Waals surface area contributed by atoms with Gasteiger partial charge in [-0.25, -0.2) is 0 Å². The normalized spacial score (nSPS) is 10.0. The standard InChI is InChI=1S/C20H12IN3O/c21-16-6-5-15(12-23)18(10-16)17-8-13(3-4-14(17)11-22)9-19-20(25)2-1-7-24-19/h1-8,10,25H,9H2. The van der Waals surface area contributed by atoms with Crippen molar-refractivity contribution in [3.05, 3.63) is 80.7 Å². The zero-order valence-electron chi connectivity index (χ0n) is 13.1. The first-order chi connectivity index (χ1) is 12.1. The highest BCUT2D eigenvalue weighted by Gasteiger charge is 2.13. The van der Waals surface area contributed by atoms with Crippen LogP contribution in [-0.2, 0) is 6.42 Å². The molecule has 0 spiro atoms. The molecular weight excluding hydrogens is 425 g/mol. The predicted octanol–water partition coefficient (Wildman–Crippen LogP) is 4.39. The summed E-state index contributed by atoms with van der Waals surface area (Å²) in [5, 5.41) is 28.8. The van der Waals surface area contributed by atoms with Crippen LogP contribution in [0.5, 0.6) is 5.75 Å². The van der Waals surface area contributed by atoms with E-state index in [4.69, 9.17) is 0 Å². The van der Waals surface area contributed by atoms with E-state index in [0.717, 1.165) is 14.7 Å². The van der Waals surface area contributed by atoms with Crippen LogP contribution in [-0.4, -0.2) is 10.1 Å². The average molecular weight is 437 g/mol. The number of nitriles is 2. The molecular formula is C20H12IN3O. The number of benzene rings is 2. The molecule has 0 aliphatic rings. The highest BCUT2D eigenvalue weighted by Crippen LogP contribution is 2.30. The van der Waals surface area contributed by atoms with Gasteiger partial charge in [-0.15, -0.1) is 0 Å². The molecule has 3 rings (SSSR count). The van der Waals surface area contributed by atoms with E-state index in [1.54, 1.807) is 30.5 Å². The molecule has 1 aromatic heterocycles. The fourth-order valence-corrected chi connectivity index (χ4v) is 3.11. The van der Waals surface area contributed by atoms with Crippen molar-refractivity contribution in [2.24, 2.45) is 0 Å². The SMILES string of the molecule is N#Cc1ccc(I)cc1-c1cc(Cc2ncccc2O)ccc1C#N. The lowest BCUT2D eigenvalue weighted by Crippen LogP contribution is -1.96. The lowest BCUT2D eigenvalue weighted by Gasteiger charge is -2.10. The molecule has 1 heterocycles. The van der Waals surface area contributed by atoms with E-state index in [0.29, 0.717) is 28.8 Å². The molecule has 4 nitrogen and oxygen atoms in total. The zero-order valence-corrected chi connectivity index (χ0v) is 15.2. The topological polar surface area (TPSA) is 80.7 Å². The van der Waals surface area contributed by atoms with Crippen molar-refractivity contribution in [3.63, 3.8) is 0 Å². The number of nitrogens with zero attached hydrogens (tertiary/aromatic N) is 3. The van der Waals surface area contributed by atoms with Crippen molar-refractivity contribution in [2.45, 2.75) is 6.42 Å². The van der Waals surface area contributed by atoms with Gasteiger partial charge in [-0.2, -0.15) is 10.5 Å². The molecule has 5 heteroatoms. The second-order valence-corrected chi connectivity index (χ2v) is 6.69. The molecule has 0 amide bonds. The smallest absolute Gasteiger partial charge is 0.137 e. The van der Waals surface area contributed by atoms with Gasteiger partial charge < -0.3 is 5.11 Å². The molecule has 0 radical (unpaired) electrons. The van der Waals surface area contributed by atoms with Crippen LogP contribution in [0.15, 0.2) is 54.7 Å². The highest BCUT2D eigenvalue weighted by molar-refractivity contribution is 14.1. The molecule has 0 atom stereocenters. The molecule has 120 valence electrons.